The van der Waals surface area contributed by atoms with Crippen LogP contribution in [0.2, 0.25) is 0 Å². The van der Waals surface area contributed by atoms with E-state index in [1.165, 1.54) is 21.5 Å². The normalized spacial score (nSPS) is 11.9. The van der Waals surface area contributed by atoms with E-state index in [1.807, 2.05) is 24.5 Å². The number of aromatic amines is 2. The maximum absolute atomic E-state index is 5.80. The summed E-state index contributed by atoms with van der Waals surface area (Å²) < 4.78 is 5.80. The van der Waals surface area contributed by atoms with Crippen molar-refractivity contribution in [2.24, 2.45) is 0 Å². The summed E-state index contributed by atoms with van der Waals surface area (Å²) in [5, 5.41) is 11.8. The Balaban J connectivity index is 0.946. The van der Waals surface area contributed by atoms with Gasteiger partial charge in [0, 0.05) is 71.2 Å². The number of benzene rings is 2. The first-order valence-electron chi connectivity index (χ1n) is 12.1. The Morgan fingerprint density at radius 2 is 1.09 bits per heavy atom. The highest BCUT2D eigenvalue weighted by Crippen LogP contribution is 2.27. The first-order valence-corrected chi connectivity index (χ1v) is 12.1. The van der Waals surface area contributed by atoms with Gasteiger partial charge in [0.15, 0.2) is 0 Å². The van der Waals surface area contributed by atoms with Crippen molar-refractivity contribution in [2.45, 2.75) is 13.1 Å². The van der Waals surface area contributed by atoms with Gasteiger partial charge < -0.3 is 25.3 Å². The first-order chi connectivity index (χ1) is 17.4. The third-order valence-corrected chi connectivity index (χ3v) is 6.44. The average molecular weight is 465 g/mol. The predicted molar refractivity (Wildman–Crippen MR) is 141 cm³/mol. The molecule has 0 bridgehead atoms. The van der Waals surface area contributed by atoms with Gasteiger partial charge in [-0.15, -0.1) is 0 Å². The predicted octanol–water partition coefficient (Wildman–Crippen LogP) is 4.64. The van der Waals surface area contributed by atoms with Crippen molar-refractivity contribution in [1.82, 2.24) is 30.6 Å². The molecule has 4 N–H and O–H groups in total. The zero-order valence-corrected chi connectivity index (χ0v) is 19.5. The Bertz CT molecular complexity index is 1480. The van der Waals surface area contributed by atoms with Crippen molar-refractivity contribution in [2.75, 3.05) is 26.3 Å². The van der Waals surface area contributed by atoms with Gasteiger partial charge in [-0.2, -0.15) is 0 Å². The van der Waals surface area contributed by atoms with Crippen LogP contribution in [0.15, 0.2) is 73.1 Å². The Morgan fingerprint density at radius 1 is 0.600 bits per heavy atom. The molecule has 2 aromatic carbocycles. The van der Waals surface area contributed by atoms with E-state index in [0.29, 0.717) is 26.3 Å². The molecule has 35 heavy (non-hydrogen) atoms. The molecule has 0 amide bonds. The molecule has 0 aliphatic heterocycles. The van der Waals surface area contributed by atoms with Crippen LogP contribution < -0.4 is 10.6 Å². The van der Waals surface area contributed by atoms with Crippen molar-refractivity contribution in [1.29, 1.82) is 0 Å². The Morgan fingerprint density at radius 3 is 1.60 bits per heavy atom. The number of hydrogen-bond donors (Lipinski definition) is 4. The SMILES string of the molecule is c1ccc2c(c1)[nH]c1c(CNCCOCCNCc3nccc4c3[nH]c3ccccc34)nccc12. The second-order valence-corrected chi connectivity index (χ2v) is 8.67. The van der Waals surface area contributed by atoms with Crippen molar-refractivity contribution in [3.63, 3.8) is 0 Å². The van der Waals surface area contributed by atoms with E-state index in [9.17, 15) is 0 Å². The minimum atomic E-state index is 0.653. The van der Waals surface area contributed by atoms with Crippen molar-refractivity contribution in [3.05, 3.63) is 84.4 Å². The lowest BCUT2D eigenvalue weighted by Crippen LogP contribution is -2.24. The molecule has 4 aromatic heterocycles. The fraction of sp³-hybridized carbons (Fsp3) is 0.214. The molecule has 0 atom stereocenters. The maximum Gasteiger partial charge on any atom is 0.0782 e. The second kappa shape index (κ2) is 9.84. The van der Waals surface area contributed by atoms with Crippen LogP contribution in [0.5, 0.6) is 0 Å². The molecule has 7 heteroatoms. The summed E-state index contributed by atoms with van der Waals surface area (Å²) in [6.07, 6.45) is 3.76. The number of fused-ring (bicyclic) bond motifs is 6. The zero-order chi connectivity index (χ0) is 23.5. The number of nitrogens with zero attached hydrogens (tertiary/aromatic N) is 2. The summed E-state index contributed by atoms with van der Waals surface area (Å²) >= 11 is 0. The Hall–Kier alpha value is -3.78. The highest BCUT2D eigenvalue weighted by atomic mass is 16.5. The Labute approximate surface area is 202 Å². The number of para-hydroxylation sites is 2. The molecule has 6 aromatic rings. The van der Waals surface area contributed by atoms with E-state index in [0.717, 1.165) is 46.5 Å². The second-order valence-electron chi connectivity index (χ2n) is 8.67. The maximum atomic E-state index is 5.80. The van der Waals surface area contributed by atoms with Crippen LogP contribution in [0.25, 0.3) is 43.6 Å². The minimum absolute atomic E-state index is 0.653. The van der Waals surface area contributed by atoms with Crippen LogP contribution in [0, 0.1) is 0 Å². The van der Waals surface area contributed by atoms with Crippen LogP contribution in [0.1, 0.15) is 11.4 Å². The van der Waals surface area contributed by atoms with Crippen molar-refractivity contribution >= 4 is 43.6 Å². The molecule has 0 spiro atoms. The molecule has 0 aliphatic carbocycles. The van der Waals surface area contributed by atoms with Crippen LogP contribution in [-0.4, -0.2) is 46.2 Å². The standard InChI is InChI=1S/C28H28N6O/c1-3-7-23-19(5-1)21-9-11-31-25(27(21)33-23)17-29-13-15-35-16-14-30-18-26-28-22(10-12-32-26)20-6-2-4-8-24(20)34-28/h1-12,29-30,33-34H,13-18H2. The lowest BCUT2D eigenvalue weighted by atomic mass is 10.1. The summed E-state index contributed by atoms with van der Waals surface area (Å²) in [5.41, 5.74) is 6.54. The molecule has 7 nitrogen and oxygen atoms in total. The van der Waals surface area contributed by atoms with E-state index in [-0.39, 0.29) is 0 Å². The summed E-state index contributed by atoms with van der Waals surface area (Å²) in [5.74, 6) is 0. The van der Waals surface area contributed by atoms with Gasteiger partial charge in [0.25, 0.3) is 0 Å². The molecule has 176 valence electrons. The third-order valence-electron chi connectivity index (χ3n) is 6.44. The van der Waals surface area contributed by atoms with E-state index in [1.54, 1.807) is 0 Å². The largest absolute Gasteiger partial charge is 0.379 e. The number of hydrogen-bond acceptors (Lipinski definition) is 5. The number of pyridine rings is 2. The molecule has 0 fully saturated rings. The number of aromatic nitrogens is 4. The average Bonchev–Trinajstić information content (AvgIpc) is 3.47. The number of H-pyrrole nitrogens is 2. The van der Waals surface area contributed by atoms with Gasteiger partial charge in [0.2, 0.25) is 0 Å². The highest BCUT2D eigenvalue weighted by molar-refractivity contribution is 6.08. The minimum Gasteiger partial charge on any atom is -0.379 e. The molecule has 0 saturated heterocycles. The van der Waals surface area contributed by atoms with Crippen LogP contribution in [0.3, 0.4) is 0 Å². The smallest absolute Gasteiger partial charge is 0.0782 e. The monoisotopic (exact) mass is 464 g/mol. The lowest BCUT2D eigenvalue weighted by molar-refractivity contribution is 0.137. The topological polar surface area (TPSA) is 90.6 Å². The highest BCUT2D eigenvalue weighted by Gasteiger charge is 2.09. The first kappa shape index (κ1) is 21.7. The number of nitrogens with one attached hydrogen (secondary N) is 4. The fourth-order valence-corrected chi connectivity index (χ4v) is 4.73. The fourth-order valence-electron chi connectivity index (χ4n) is 4.73. The summed E-state index contributed by atoms with van der Waals surface area (Å²) in [4.78, 5) is 16.2. The van der Waals surface area contributed by atoms with Crippen LogP contribution in [0.4, 0.5) is 0 Å². The molecule has 0 radical (unpaired) electrons. The molecule has 4 heterocycles. The summed E-state index contributed by atoms with van der Waals surface area (Å²) in [6.45, 7) is 4.25. The lowest BCUT2D eigenvalue weighted by Gasteiger charge is -2.08. The molecule has 0 saturated carbocycles. The Kier molecular flexibility index (Phi) is 6.11. The van der Waals surface area contributed by atoms with Crippen LogP contribution in [-0.2, 0) is 17.8 Å². The summed E-state index contributed by atoms with van der Waals surface area (Å²) in [6, 6.07) is 20.9. The third kappa shape index (κ3) is 4.37. The van der Waals surface area contributed by atoms with E-state index in [4.69, 9.17) is 4.74 Å². The molecular weight excluding hydrogens is 436 g/mol. The zero-order valence-electron chi connectivity index (χ0n) is 19.5. The van der Waals surface area contributed by atoms with Gasteiger partial charge in [0.05, 0.1) is 35.6 Å². The molecule has 0 unspecified atom stereocenters. The van der Waals surface area contributed by atoms with Gasteiger partial charge >= 0.3 is 0 Å². The van der Waals surface area contributed by atoms with E-state index >= 15 is 0 Å². The number of rotatable bonds is 10. The van der Waals surface area contributed by atoms with Crippen molar-refractivity contribution in [3.8, 4) is 0 Å². The van der Waals surface area contributed by atoms with Gasteiger partial charge in [0.1, 0.15) is 0 Å². The van der Waals surface area contributed by atoms with Gasteiger partial charge in [-0.05, 0) is 24.3 Å². The molecule has 6 rings (SSSR count). The van der Waals surface area contributed by atoms with E-state index in [2.05, 4.69) is 79.1 Å². The molecular formula is C28H28N6O. The van der Waals surface area contributed by atoms with E-state index < -0.39 is 0 Å². The van der Waals surface area contributed by atoms with Gasteiger partial charge in [-0.3, -0.25) is 9.97 Å². The number of ether oxygens (including phenoxy) is 1. The quantitative estimate of drug-likeness (QED) is 0.222. The molecule has 0 aliphatic rings. The van der Waals surface area contributed by atoms with Gasteiger partial charge in [-0.1, -0.05) is 36.4 Å². The summed E-state index contributed by atoms with van der Waals surface area (Å²) in [7, 11) is 0. The van der Waals surface area contributed by atoms with Gasteiger partial charge in [-0.25, -0.2) is 0 Å². The van der Waals surface area contributed by atoms with Crippen molar-refractivity contribution < 1.29 is 4.74 Å². The van der Waals surface area contributed by atoms with Crippen LogP contribution >= 0.6 is 0 Å².